The van der Waals surface area contributed by atoms with E-state index in [-0.39, 0.29) is 35.6 Å². The Balaban J connectivity index is 0.000000980. The summed E-state index contributed by atoms with van der Waals surface area (Å²) in [6, 6.07) is -0.334. The van der Waals surface area contributed by atoms with Crippen LogP contribution in [0.2, 0.25) is 0 Å². The molecule has 2 aliphatic heterocycles. The summed E-state index contributed by atoms with van der Waals surface area (Å²) in [6.07, 6.45) is 2.54. The molecule has 0 aliphatic carbocycles. The molecule has 2 atom stereocenters. The molecule has 2 fully saturated rings. The van der Waals surface area contributed by atoms with E-state index in [1.54, 1.807) is 4.90 Å². The van der Waals surface area contributed by atoms with Gasteiger partial charge in [0, 0.05) is 6.54 Å². The molecule has 2 saturated heterocycles. The molecule has 0 bridgehead atoms. The van der Waals surface area contributed by atoms with Gasteiger partial charge in [0.05, 0.1) is 12.0 Å². The number of nitrogens with two attached hydrogens (primary N) is 1. The molecule has 0 unspecified atom stereocenters. The van der Waals surface area contributed by atoms with Gasteiger partial charge >= 0.3 is 29.6 Å². The van der Waals surface area contributed by atoms with Crippen LogP contribution in [0.4, 0.5) is 0 Å². The molecular weight excluding hydrogens is 195 g/mol. The average Bonchev–Trinajstić information content (AvgIpc) is 2.15. The van der Waals surface area contributed by atoms with E-state index in [4.69, 9.17) is 5.73 Å². The first-order valence-electron chi connectivity index (χ1n) is 4.40. The zero-order chi connectivity index (χ0) is 9.64. The molecule has 2 aliphatic rings. The van der Waals surface area contributed by atoms with E-state index in [9.17, 15) is 14.7 Å². The van der Waals surface area contributed by atoms with Crippen molar-refractivity contribution in [1.82, 2.24) is 4.90 Å². The van der Waals surface area contributed by atoms with Crippen LogP contribution in [0, 0.1) is 0 Å². The Morgan fingerprint density at radius 1 is 1.57 bits per heavy atom. The zero-order valence-corrected chi connectivity index (χ0v) is 10.2. The smallest absolute Gasteiger partial charge is 0.547 e. The van der Waals surface area contributed by atoms with E-state index >= 15 is 0 Å². The van der Waals surface area contributed by atoms with Gasteiger partial charge in [-0.15, -0.1) is 0 Å². The molecule has 14 heavy (non-hydrogen) atoms. The standard InChI is InChI=1S/C8H12N2O3.Na/c9-8(7(12)13)5-3-1-2-4-10(5)6(8)11;/h5H,1-4,9H2,(H,12,13);/q;+1/p-1/t5-,8+;/m0./s1. The van der Waals surface area contributed by atoms with E-state index in [2.05, 4.69) is 0 Å². The second-order valence-corrected chi connectivity index (χ2v) is 3.67. The number of carbonyl (C=O) groups is 2. The minimum Gasteiger partial charge on any atom is -0.547 e. The molecule has 0 aromatic heterocycles. The average molecular weight is 206 g/mol. The van der Waals surface area contributed by atoms with Crippen LogP contribution in [0.25, 0.3) is 0 Å². The number of rotatable bonds is 1. The minimum absolute atomic E-state index is 0. The first-order valence-corrected chi connectivity index (χ1v) is 4.40. The van der Waals surface area contributed by atoms with Gasteiger partial charge in [0.2, 0.25) is 0 Å². The van der Waals surface area contributed by atoms with Gasteiger partial charge in [0.15, 0.2) is 5.54 Å². The quantitative estimate of drug-likeness (QED) is 0.264. The van der Waals surface area contributed by atoms with Crippen molar-refractivity contribution in [2.75, 3.05) is 6.54 Å². The van der Waals surface area contributed by atoms with Gasteiger partial charge in [0.1, 0.15) is 0 Å². The van der Waals surface area contributed by atoms with Gasteiger partial charge in [-0.2, -0.15) is 0 Å². The minimum atomic E-state index is -1.74. The normalized spacial score (nSPS) is 35.4. The Morgan fingerprint density at radius 3 is 2.79 bits per heavy atom. The number of carbonyl (C=O) groups excluding carboxylic acids is 2. The van der Waals surface area contributed by atoms with Crippen molar-refractivity contribution < 1.29 is 44.3 Å². The number of carboxylic acid groups (broad SMARTS) is 1. The summed E-state index contributed by atoms with van der Waals surface area (Å²) >= 11 is 0. The summed E-state index contributed by atoms with van der Waals surface area (Å²) in [5.41, 5.74) is 3.75. The number of hydrogen-bond donors (Lipinski definition) is 1. The van der Waals surface area contributed by atoms with Gasteiger partial charge in [-0.3, -0.25) is 4.79 Å². The second kappa shape index (κ2) is 3.81. The van der Waals surface area contributed by atoms with Crippen LogP contribution in [0.15, 0.2) is 0 Å². The van der Waals surface area contributed by atoms with E-state index in [0.29, 0.717) is 13.0 Å². The number of fused-ring (bicyclic) bond motifs is 1. The van der Waals surface area contributed by atoms with Gasteiger partial charge in [-0.05, 0) is 19.3 Å². The van der Waals surface area contributed by atoms with Crippen LogP contribution in [-0.4, -0.2) is 34.9 Å². The Labute approximate surface area is 104 Å². The fraction of sp³-hybridized carbons (Fsp3) is 0.750. The van der Waals surface area contributed by atoms with Gasteiger partial charge < -0.3 is 20.5 Å². The van der Waals surface area contributed by atoms with Gasteiger partial charge in [-0.1, -0.05) is 0 Å². The van der Waals surface area contributed by atoms with Crippen molar-refractivity contribution >= 4 is 11.9 Å². The molecule has 72 valence electrons. The van der Waals surface area contributed by atoms with Crippen LogP contribution in [0.1, 0.15) is 19.3 Å². The predicted octanol–water partition coefficient (Wildman–Crippen LogP) is -5.17. The third kappa shape index (κ3) is 1.31. The molecule has 0 saturated carbocycles. The molecule has 1 amide bonds. The summed E-state index contributed by atoms with van der Waals surface area (Å²) in [5.74, 6) is -1.93. The van der Waals surface area contributed by atoms with Gasteiger partial charge in [-0.25, -0.2) is 0 Å². The number of β-lactam (4-membered cyclic amide) rings is 1. The Bertz CT molecular complexity index is 284. The van der Waals surface area contributed by atoms with E-state index in [1.165, 1.54) is 0 Å². The first-order chi connectivity index (χ1) is 6.08. The van der Waals surface area contributed by atoms with Crippen molar-refractivity contribution in [3.8, 4) is 0 Å². The van der Waals surface area contributed by atoms with Crippen LogP contribution in [0.5, 0.6) is 0 Å². The third-order valence-corrected chi connectivity index (χ3v) is 2.98. The maximum atomic E-state index is 11.3. The van der Waals surface area contributed by atoms with Crippen molar-refractivity contribution in [1.29, 1.82) is 0 Å². The fourth-order valence-corrected chi connectivity index (χ4v) is 2.19. The number of amides is 1. The largest absolute Gasteiger partial charge is 1.00 e. The van der Waals surface area contributed by atoms with Crippen LogP contribution < -0.4 is 40.4 Å². The summed E-state index contributed by atoms with van der Waals surface area (Å²) in [5, 5.41) is 10.7. The maximum Gasteiger partial charge on any atom is 1.00 e. The molecule has 6 heteroatoms. The number of piperidine rings is 1. The molecule has 2 N–H and O–H groups in total. The Kier molecular flexibility index (Phi) is 3.26. The van der Waals surface area contributed by atoms with Crippen molar-refractivity contribution in [3.63, 3.8) is 0 Å². The van der Waals surface area contributed by atoms with Crippen LogP contribution in [0.3, 0.4) is 0 Å². The number of carboxylic acids is 1. The third-order valence-electron chi connectivity index (χ3n) is 2.98. The summed E-state index contributed by atoms with van der Waals surface area (Å²) in [6.45, 7) is 0.635. The van der Waals surface area contributed by atoms with E-state index in [1.807, 2.05) is 0 Å². The molecule has 2 rings (SSSR count). The van der Waals surface area contributed by atoms with Crippen molar-refractivity contribution in [2.24, 2.45) is 5.73 Å². The van der Waals surface area contributed by atoms with Crippen molar-refractivity contribution in [3.05, 3.63) is 0 Å². The summed E-state index contributed by atoms with van der Waals surface area (Å²) < 4.78 is 0. The second-order valence-electron chi connectivity index (χ2n) is 3.67. The Morgan fingerprint density at radius 2 is 2.21 bits per heavy atom. The molecule has 0 spiro atoms. The molecule has 0 aromatic carbocycles. The summed E-state index contributed by atoms with van der Waals surface area (Å²) in [4.78, 5) is 23.6. The topological polar surface area (TPSA) is 86.5 Å². The maximum absolute atomic E-state index is 11.3. The molecular formula is C8H11N2NaO3. The molecule has 0 radical (unpaired) electrons. The monoisotopic (exact) mass is 206 g/mol. The number of aliphatic carboxylic acids is 1. The van der Waals surface area contributed by atoms with Crippen LogP contribution >= 0.6 is 0 Å². The molecule has 5 nitrogen and oxygen atoms in total. The van der Waals surface area contributed by atoms with Gasteiger partial charge in [0.25, 0.3) is 5.91 Å². The van der Waals surface area contributed by atoms with Crippen molar-refractivity contribution in [2.45, 2.75) is 30.8 Å². The van der Waals surface area contributed by atoms with E-state index < -0.39 is 17.4 Å². The summed E-state index contributed by atoms with van der Waals surface area (Å²) in [7, 11) is 0. The molecule has 0 aromatic rings. The number of nitrogens with zero attached hydrogens (tertiary/aromatic N) is 1. The van der Waals surface area contributed by atoms with Crippen LogP contribution in [-0.2, 0) is 9.59 Å². The Hall–Kier alpha value is -0.100. The van der Waals surface area contributed by atoms with E-state index in [0.717, 1.165) is 12.8 Å². The first kappa shape index (κ1) is 12.0. The fourth-order valence-electron chi connectivity index (χ4n) is 2.19. The SMILES string of the molecule is N[C@@]1(C(=O)[O-])C(=O)N2CCCC[C@H]21.[Na+]. The number of hydrogen-bond acceptors (Lipinski definition) is 4. The predicted molar refractivity (Wildman–Crippen MR) is 41.3 cm³/mol. The molecule has 2 heterocycles. The zero-order valence-electron chi connectivity index (χ0n) is 8.16.